The highest BCUT2D eigenvalue weighted by atomic mass is 16.4. The molecule has 0 saturated heterocycles. The van der Waals surface area contributed by atoms with Crippen molar-refractivity contribution in [3.8, 4) is 0 Å². The molecule has 0 amide bonds. The van der Waals surface area contributed by atoms with E-state index in [0.717, 1.165) is 21.5 Å². The van der Waals surface area contributed by atoms with Crippen molar-refractivity contribution in [1.29, 1.82) is 0 Å². The second-order valence-electron chi connectivity index (χ2n) is 4.42. The van der Waals surface area contributed by atoms with Crippen LogP contribution in [0.15, 0.2) is 4.79 Å². The van der Waals surface area contributed by atoms with Crippen molar-refractivity contribution < 1.29 is 9.90 Å². The first-order valence-corrected chi connectivity index (χ1v) is 5.80. The fourth-order valence-electron chi connectivity index (χ4n) is 1.96. The fourth-order valence-corrected chi connectivity index (χ4v) is 1.96. The normalized spacial score (nSPS) is 12.6. The number of carboxylic acid groups (broad SMARTS) is 1. The molecule has 0 aliphatic carbocycles. The van der Waals surface area contributed by atoms with Gasteiger partial charge in [-0.05, 0) is 20.8 Å². The average Bonchev–Trinajstić information content (AvgIpc) is 2.86. The van der Waals surface area contributed by atoms with E-state index in [9.17, 15) is 9.59 Å². The number of nitrogens with zero attached hydrogens (tertiary/aromatic N) is 3. The number of aliphatic carboxylic acids is 1. The van der Waals surface area contributed by atoms with Gasteiger partial charge < -0.3 is 5.11 Å². The SMILES string of the molecule is Cc1n[nH]c(C)c1Cc1n[nH]c(=O)n1[C@H](C)C(=O)O. The van der Waals surface area contributed by atoms with Crippen LogP contribution in [0.4, 0.5) is 0 Å². The molecule has 2 heterocycles. The zero-order chi connectivity index (χ0) is 14.2. The summed E-state index contributed by atoms with van der Waals surface area (Å²) < 4.78 is 1.15. The molecule has 0 aliphatic heterocycles. The lowest BCUT2D eigenvalue weighted by Gasteiger charge is -2.09. The lowest BCUT2D eigenvalue weighted by Crippen LogP contribution is -2.27. The predicted octanol–water partition coefficient (Wildman–Crippen LogP) is 0.148. The number of hydrogen-bond acceptors (Lipinski definition) is 4. The number of nitrogens with one attached hydrogen (secondary N) is 2. The minimum atomic E-state index is -1.08. The Morgan fingerprint density at radius 1 is 1.37 bits per heavy atom. The van der Waals surface area contributed by atoms with Crippen LogP contribution in [-0.2, 0) is 11.2 Å². The highest BCUT2D eigenvalue weighted by Gasteiger charge is 2.21. The van der Waals surface area contributed by atoms with Crippen molar-refractivity contribution in [2.75, 3.05) is 0 Å². The smallest absolute Gasteiger partial charge is 0.344 e. The quantitative estimate of drug-likeness (QED) is 0.727. The monoisotopic (exact) mass is 265 g/mol. The highest BCUT2D eigenvalue weighted by molar-refractivity contribution is 5.71. The van der Waals surface area contributed by atoms with Crippen LogP contribution in [0.3, 0.4) is 0 Å². The number of rotatable bonds is 4. The minimum absolute atomic E-state index is 0.352. The fraction of sp³-hybridized carbons (Fsp3) is 0.455. The molecule has 0 bridgehead atoms. The molecule has 0 radical (unpaired) electrons. The van der Waals surface area contributed by atoms with E-state index in [1.165, 1.54) is 6.92 Å². The molecule has 0 unspecified atom stereocenters. The van der Waals surface area contributed by atoms with E-state index in [0.29, 0.717) is 12.2 Å². The van der Waals surface area contributed by atoms with Crippen molar-refractivity contribution in [2.24, 2.45) is 0 Å². The number of aromatic nitrogens is 5. The van der Waals surface area contributed by atoms with Gasteiger partial charge in [-0.3, -0.25) is 9.67 Å². The summed E-state index contributed by atoms with van der Waals surface area (Å²) >= 11 is 0. The summed E-state index contributed by atoms with van der Waals surface area (Å²) in [6.07, 6.45) is 0.352. The van der Waals surface area contributed by atoms with Crippen LogP contribution < -0.4 is 5.69 Å². The van der Waals surface area contributed by atoms with E-state index in [1.807, 2.05) is 13.8 Å². The first-order chi connectivity index (χ1) is 8.91. The summed E-state index contributed by atoms with van der Waals surface area (Å²) in [7, 11) is 0. The third kappa shape index (κ3) is 2.28. The van der Waals surface area contributed by atoms with Crippen LogP contribution in [0.25, 0.3) is 0 Å². The zero-order valence-corrected chi connectivity index (χ0v) is 10.9. The van der Waals surface area contributed by atoms with Crippen molar-refractivity contribution >= 4 is 5.97 Å². The van der Waals surface area contributed by atoms with Crippen LogP contribution in [0, 0.1) is 13.8 Å². The Morgan fingerprint density at radius 3 is 2.58 bits per heavy atom. The van der Waals surface area contributed by atoms with E-state index < -0.39 is 17.7 Å². The number of aryl methyl sites for hydroxylation is 2. The molecule has 0 spiro atoms. The largest absolute Gasteiger partial charge is 0.480 e. The number of aromatic amines is 2. The van der Waals surface area contributed by atoms with E-state index in [1.54, 1.807) is 0 Å². The predicted molar refractivity (Wildman–Crippen MR) is 66.1 cm³/mol. The van der Waals surface area contributed by atoms with Gasteiger partial charge in [0.15, 0.2) is 0 Å². The summed E-state index contributed by atoms with van der Waals surface area (Å²) in [6.45, 7) is 5.15. The second-order valence-corrected chi connectivity index (χ2v) is 4.42. The van der Waals surface area contributed by atoms with Gasteiger partial charge in [-0.25, -0.2) is 14.7 Å². The molecule has 2 aromatic rings. The van der Waals surface area contributed by atoms with Crippen LogP contribution >= 0.6 is 0 Å². The van der Waals surface area contributed by atoms with Gasteiger partial charge in [-0.15, -0.1) is 0 Å². The molecule has 8 heteroatoms. The molecule has 2 aromatic heterocycles. The molecular formula is C11H15N5O3. The highest BCUT2D eigenvalue weighted by Crippen LogP contribution is 2.15. The van der Waals surface area contributed by atoms with E-state index in [2.05, 4.69) is 20.4 Å². The maximum Gasteiger partial charge on any atom is 0.344 e. The van der Waals surface area contributed by atoms with Gasteiger partial charge >= 0.3 is 11.7 Å². The average molecular weight is 265 g/mol. The number of carbonyl (C=O) groups is 1. The van der Waals surface area contributed by atoms with E-state index in [4.69, 9.17) is 5.11 Å². The van der Waals surface area contributed by atoms with Gasteiger partial charge in [0.1, 0.15) is 11.9 Å². The number of H-pyrrole nitrogens is 2. The summed E-state index contributed by atoms with van der Waals surface area (Å²) in [5.41, 5.74) is 2.08. The summed E-state index contributed by atoms with van der Waals surface area (Å²) in [6, 6.07) is -0.964. The van der Waals surface area contributed by atoms with Gasteiger partial charge in [-0.2, -0.15) is 10.2 Å². The van der Waals surface area contributed by atoms with Gasteiger partial charge in [0.25, 0.3) is 0 Å². The van der Waals surface area contributed by atoms with Crippen LogP contribution in [0.1, 0.15) is 35.7 Å². The number of carboxylic acids is 1. The van der Waals surface area contributed by atoms with Gasteiger partial charge in [-0.1, -0.05) is 0 Å². The van der Waals surface area contributed by atoms with Crippen molar-refractivity contribution in [1.82, 2.24) is 25.0 Å². The Kier molecular flexibility index (Phi) is 3.24. The van der Waals surface area contributed by atoms with Crippen molar-refractivity contribution in [3.05, 3.63) is 33.3 Å². The summed E-state index contributed by atoms with van der Waals surface area (Å²) in [4.78, 5) is 22.7. The lowest BCUT2D eigenvalue weighted by atomic mass is 10.1. The summed E-state index contributed by atoms with van der Waals surface area (Å²) in [5, 5.41) is 22.1. The number of hydrogen-bond donors (Lipinski definition) is 3. The molecule has 0 saturated carbocycles. The molecule has 0 aliphatic rings. The third-order valence-corrected chi connectivity index (χ3v) is 3.14. The van der Waals surface area contributed by atoms with Gasteiger partial charge in [0.05, 0.1) is 5.69 Å². The van der Waals surface area contributed by atoms with E-state index in [-0.39, 0.29) is 0 Å². The van der Waals surface area contributed by atoms with E-state index >= 15 is 0 Å². The van der Waals surface area contributed by atoms with Crippen LogP contribution in [0.5, 0.6) is 0 Å². The first kappa shape index (κ1) is 13.1. The zero-order valence-electron chi connectivity index (χ0n) is 10.9. The first-order valence-electron chi connectivity index (χ1n) is 5.80. The van der Waals surface area contributed by atoms with Gasteiger partial charge in [0, 0.05) is 17.7 Å². The Hall–Kier alpha value is -2.38. The molecular weight excluding hydrogens is 250 g/mol. The molecule has 0 aromatic carbocycles. The van der Waals surface area contributed by atoms with Crippen molar-refractivity contribution in [3.63, 3.8) is 0 Å². The maximum atomic E-state index is 11.6. The topological polar surface area (TPSA) is 117 Å². The standard InChI is InChI=1S/C11H15N5O3/c1-5-8(6(2)13-12-5)4-9-14-15-11(19)16(9)7(3)10(17)18/h7H,4H2,1-3H3,(H,12,13)(H,15,19)(H,17,18)/t7-/m1/s1. The Morgan fingerprint density at radius 2 is 2.05 bits per heavy atom. The molecule has 19 heavy (non-hydrogen) atoms. The lowest BCUT2D eigenvalue weighted by molar-refractivity contribution is -0.140. The summed E-state index contributed by atoms with van der Waals surface area (Å²) in [5.74, 6) is -0.696. The molecule has 102 valence electrons. The van der Waals surface area contributed by atoms with Gasteiger partial charge in [0.2, 0.25) is 0 Å². The molecule has 2 rings (SSSR count). The molecule has 0 fully saturated rings. The minimum Gasteiger partial charge on any atom is -0.480 e. The molecule has 8 nitrogen and oxygen atoms in total. The van der Waals surface area contributed by atoms with Crippen molar-refractivity contribution in [2.45, 2.75) is 33.2 Å². The Balaban J connectivity index is 2.42. The third-order valence-electron chi connectivity index (χ3n) is 3.14. The van der Waals surface area contributed by atoms with Crippen LogP contribution in [-0.4, -0.2) is 36.0 Å². The maximum absolute atomic E-state index is 11.6. The Bertz CT molecular complexity index is 647. The second kappa shape index (κ2) is 4.71. The Labute approximate surface area is 108 Å². The molecule has 1 atom stereocenters. The molecule has 3 N–H and O–H groups in total. The van der Waals surface area contributed by atoms with Crippen LogP contribution in [0.2, 0.25) is 0 Å².